The molecule has 0 spiro atoms. The molecule has 0 radical (unpaired) electrons. The van der Waals surface area contributed by atoms with Crippen molar-refractivity contribution in [2.45, 2.75) is 26.7 Å². The number of H-pyrrole nitrogens is 1. The van der Waals surface area contributed by atoms with Crippen LogP contribution in [0.1, 0.15) is 32.3 Å². The first-order valence-corrected chi connectivity index (χ1v) is 7.44. The number of benzene rings is 1. The van der Waals surface area contributed by atoms with E-state index >= 15 is 0 Å². The van der Waals surface area contributed by atoms with Gasteiger partial charge in [0.15, 0.2) is 0 Å². The summed E-state index contributed by atoms with van der Waals surface area (Å²) in [5.41, 5.74) is 10.5. The topological polar surface area (TPSA) is 41.8 Å². The molecule has 1 aliphatic rings. The van der Waals surface area contributed by atoms with E-state index in [0.717, 1.165) is 28.9 Å². The molecule has 1 aromatic heterocycles. The van der Waals surface area contributed by atoms with Gasteiger partial charge in [0.25, 0.3) is 0 Å². The van der Waals surface area contributed by atoms with Gasteiger partial charge in [0, 0.05) is 17.1 Å². The lowest BCUT2D eigenvalue weighted by molar-refractivity contribution is 0.418. The van der Waals surface area contributed by atoms with Crippen LogP contribution in [0, 0.1) is 11.8 Å². The van der Waals surface area contributed by atoms with Crippen molar-refractivity contribution >= 4 is 22.2 Å². The Bertz CT molecular complexity index is 676. The van der Waals surface area contributed by atoms with Gasteiger partial charge in [-0.05, 0) is 41.5 Å². The molecule has 0 amide bonds. The summed E-state index contributed by atoms with van der Waals surface area (Å²) in [7, 11) is 0. The normalized spacial score (nSPS) is 20.1. The zero-order chi connectivity index (χ0) is 14.1. The molecular weight excluding hydrogens is 244 g/mol. The third kappa shape index (κ3) is 2.26. The van der Waals surface area contributed by atoms with Crippen LogP contribution in [0.25, 0.3) is 16.5 Å². The first-order chi connectivity index (χ1) is 9.69. The Balaban J connectivity index is 1.87. The highest BCUT2D eigenvalue weighted by atomic mass is 14.7. The maximum atomic E-state index is 5.99. The maximum Gasteiger partial charge on any atom is 0.0572 e. The first-order valence-electron chi connectivity index (χ1n) is 7.44. The molecule has 0 saturated carbocycles. The lowest BCUT2D eigenvalue weighted by atomic mass is 9.84. The van der Waals surface area contributed by atoms with Gasteiger partial charge in [-0.3, -0.25) is 0 Å². The number of hydrogen-bond donors (Lipinski definition) is 2. The molecule has 0 fully saturated rings. The van der Waals surface area contributed by atoms with E-state index in [1.54, 1.807) is 0 Å². The van der Waals surface area contributed by atoms with Crippen molar-refractivity contribution in [1.29, 1.82) is 0 Å². The Hall–Kier alpha value is -1.96. The van der Waals surface area contributed by atoms with Crippen LogP contribution < -0.4 is 5.73 Å². The van der Waals surface area contributed by atoms with Crippen molar-refractivity contribution < 1.29 is 0 Å². The van der Waals surface area contributed by atoms with Crippen LogP contribution in [0.15, 0.2) is 42.6 Å². The zero-order valence-corrected chi connectivity index (χ0v) is 12.2. The molecule has 2 aromatic rings. The number of nitrogen functional groups attached to an aromatic ring is 1. The summed E-state index contributed by atoms with van der Waals surface area (Å²) >= 11 is 0. The highest BCUT2D eigenvalue weighted by molar-refractivity contribution is 5.94. The lowest BCUT2D eigenvalue weighted by Crippen LogP contribution is -2.09. The summed E-state index contributed by atoms with van der Waals surface area (Å²) < 4.78 is 0. The molecule has 0 saturated heterocycles. The van der Waals surface area contributed by atoms with Gasteiger partial charge in [-0.1, -0.05) is 44.6 Å². The molecule has 1 aromatic carbocycles. The Morgan fingerprint density at radius 3 is 2.95 bits per heavy atom. The Labute approximate surface area is 120 Å². The third-order valence-electron chi connectivity index (χ3n) is 4.55. The van der Waals surface area contributed by atoms with Gasteiger partial charge in [0.2, 0.25) is 0 Å². The summed E-state index contributed by atoms with van der Waals surface area (Å²) in [6, 6.07) is 6.45. The Kier molecular flexibility index (Phi) is 3.39. The van der Waals surface area contributed by atoms with Crippen LogP contribution in [-0.2, 0) is 0 Å². The monoisotopic (exact) mass is 266 g/mol. The first kappa shape index (κ1) is 13.0. The van der Waals surface area contributed by atoms with Crippen LogP contribution in [0.2, 0.25) is 0 Å². The van der Waals surface area contributed by atoms with Crippen LogP contribution >= 0.6 is 0 Å². The second kappa shape index (κ2) is 5.20. The van der Waals surface area contributed by atoms with Gasteiger partial charge in [-0.25, -0.2) is 0 Å². The van der Waals surface area contributed by atoms with E-state index in [0.29, 0.717) is 5.92 Å². The molecule has 2 nitrogen and oxygen atoms in total. The molecule has 0 aliphatic heterocycles. The standard InChI is InChI=1S/C18H22N2/c1-3-12(2)13-4-6-14(7-5-13)15-8-9-18-16(10-15)17(19)11-20-18/h4,6-13,20H,3,5,19H2,1-2H3. The lowest BCUT2D eigenvalue weighted by Gasteiger charge is -2.21. The number of aromatic amines is 1. The minimum Gasteiger partial charge on any atom is -0.397 e. The number of nitrogens with two attached hydrogens (primary N) is 1. The second-order valence-corrected chi connectivity index (χ2v) is 5.81. The minimum atomic E-state index is 0.685. The molecule has 2 heteroatoms. The van der Waals surface area contributed by atoms with Crippen LogP contribution in [0.4, 0.5) is 5.69 Å². The van der Waals surface area contributed by atoms with E-state index < -0.39 is 0 Å². The van der Waals surface area contributed by atoms with E-state index in [9.17, 15) is 0 Å². The molecular formula is C18H22N2. The van der Waals surface area contributed by atoms with Crippen molar-refractivity contribution in [2.24, 2.45) is 11.8 Å². The number of aromatic nitrogens is 1. The highest BCUT2D eigenvalue weighted by Crippen LogP contribution is 2.31. The van der Waals surface area contributed by atoms with Gasteiger partial charge < -0.3 is 10.7 Å². The molecule has 0 bridgehead atoms. The summed E-state index contributed by atoms with van der Waals surface area (Å²) in [5, 5.41) is 1.11. The fourth-order valence-corrected chi connectivity index (χ4v) is 2.90. The highest BCUT2D eigenvalue weighted by Gasteiger charge is 2.15. The number of allylic oxidation sites excluding steroid dienone is 4. The van der Waals surface area contributed by atoms with Crippen molar-refractivity contribution in [1.82, 2.24) is 4.98 Å². The molecule has 1 aliphatic carbocycles. The summed E-state index contributed by atoms with van der Waals surface area (Å²) in [4.78, 5) is 3.19. The van der Waals surface area contributed by atoms with Crippen molar-refractivity contribution in [3.63, 3.8) is 0 Å². The SMILES string of the molecule is CCC(C)C1C=CC(c2ccc3[nH]cc(N)c3c2)=CC1. The van der Waals surface area contributed by atoms with Gasteiger partial charge in [-0.2, -0.15) is 0 Å². The number of fused-ring (bicyclic) bond motifs is 1. The summed E-state index contributed by atoms with van der Waals surface area (Å²) in [5.74, 6) is 1.44. The number of rotatable bonds is 3. The maximum absolute atomic E-state index is 5.99. The predicted molar refractivity (Wildman–Crippen MR) is 87.4 cm³/mol. The van der Waals surface area contributed by atoms with Crippen LogP contribution in [0.5, 0.6) is 0 Å². The predicted octanol–water partition coefficient (Wildman–Crippen LogP) is 4.76. The Morgan fingerprint density at radius 1 is 1.40 bits per heavy atom. The van der Waals surface area contributed by atoms with E-state index in [1.807, 2.05) is 6.20 Å². The molecule has 104 valence electrons. The largest absolute Gasteiger partial charge is 0.397 e. The van der Waals surface area contributed by atoms with Gasteiger partial charge >= 0.3 is 0 Å². The average Bonchev–Trinajstić information content (AvgIpc) is 2.87. The number of nitrogens with one attached hydrogen (secondary N) is 1. The molecule has 3 N–H and O–H groups in total. The van der Waals surface area contributed by atoms with E-state index in [-0.39, 0.29) is 0 Å². The van der Waals surface area contributed by atoms with E-state index in [2.05, 4.69) is 55.3 Å². The number of anilines is 1. The zero-order valence-electron chi connectivity index (χ0n) is 12.2. The fourth-order valence-electron chi connectivity index (χ4n) is 2.90. The number of hydrogen-bond acceptors (Lipinski definition) is 1. The quantitative estimate of drug-likeness (QED) is 0.826. The third-order valence-corrected chi connectivity index (χ3v) is 4.55. The van der Waals surface area contributed by atoms with Gasteiger partial charge in [0.1, 0.15) is 0 Å². The van der Waals surface area contributed by atoms with Crippen LogP contribution in [-0.4, -0.2) is 4.98 Å². The molecule has 2 unspecified atom stereocenters. The van der Waals surface area contributed by atoms with E-state index in [1.165, 1.54) is 17.6 Å². The summed E-state index contributed by atoms with van der Waals surface area (Å²) in [6.45, 7) is 4.60. The molecule has 1 heterocycles. The molecule has 2 atom stereocenters. The van der Waals surface area contributed by atoms with Gasteiger partial charge in [-0.15, -0.1) is 0 Å². The smallest absolute Gasteiger partial charge is 0.0572 e. The molecule has 20 heavy (non-hydrogen) atoms. The second-order valence-electron chi connectivity index (χ2n) is 5.81. The van der Waals surface area contributed by atoms with Crippen molar-refractivity contribution in [2.75, 3.05) is 5.73 Å². The average molecular weight is 266 g/mol. The molecule has 3 rings (SSSR count). The summed E-state index contributed by atoms with van der Waals surface area (Å²) in [6.07, 6.45) is 11.2. The Morgan fingerprint density at radius 2 is 2.25 bits per heavy atom. The van der Waals surface area contributed by atoms with Crippen molar-refractivity contribution in [3.05, 3.63) is 48.2 Å². The van der Waals surface area contributed by atoms with Gasteiger partial charge in [0.05, 0.1) is 5.69 Å². The van der Waals surface area contributed by atoms with Crippen LogP contribution in [0.3, 0.4) is 0 Å². The fraction of sp³-hybridized carbons (Fsp3) is 0.333. The van der Waals surface area contributed by atoms with Crippen molar-refractivity contribution in [3.8, 4) is 0 Å². The van der Waals surface area contributed by atoms with E-state index in [4.69, 9.17) is 5.73 Å². The minimum absolute atomic E-state index is 0.685.